The summed E-state index contributed by atoms with van der Waals surface area (Å²) in [6.07, 6.45) is 5.65. The Hall–Kier alpha value is -1.25. The first-order valence-electron chi connectivity index (χ1n) is 5.53. The molecular weight excluding hydrogens is 191 g/mol. The molecule has 0 bridgehead atoms. The highest BCUT2D eigenvalue weighted by Crippen LogP contribution is 2.38. The fourth-order valence-corrected chi connectivity index (χ4v) is 2.43. The number of nitrogen functional groups attached to an aromatic ring is 2. The van der Waals surface area contributed by atoms with Crippen LogP contribution < -0.4 is 11.5 Å². The molecule has 0 spiro atoms. The van der Waals surface area contributed by atoms with E-state index in [1.165, 1.54) is 31.4 Å². The highest BCUT2D eigenvalue weighted by Gasteiger charge is 2.22. The van der Waals surface area contributed by atoms with Crippen LogP contribution in [-0.2, 0) is 0 Å². The maximum absolute atomic E-state index is 13.7. The Labute approximate surface area is 89.5 Å². The molecule has 0 saturated heterocycles. The number of hydrogen-bond acceptors (Lipinski definition) is 2. The average Bonchev–Trinajstić information content (AvgIpc) is 2.26. The Balaban J connectivity index is 2.36. The van der Waals surface area contributed by atoms with Crippen molar-refractivity contribution < 1.29 is 4.39 Å². The maximum Gasteiger partial charge on any atom is 0.128 e. The summed E-state index contributed by atoms with van der Waals surface area (Å²) >= 11 is 0. The summed E-state index contributed by atoms with van der Waals surface area (Å²) in [6, 6.07) is 2.96. The van der Waals surface area contributed by atoms with Crippen molar-refractivity contribution in [1.82, 2.24) is 0 Å². The zero-order chi connectivity index (χ0) is 10.8. The van der Waals surface area contributed by atoms with Crippen molar-refractivity contribution in [1.29, 1.82) is 0 Å². The van der Waals surface area contributed by atoms with E-state index in [9.17, 15) is 4.39 Å². The molecule has 0 heterocycles. The molecule has 3 heteroatoms. The molecule has 1 aromatic rings. The smallest absolute Gasteiger partial charge is 0.128 e. The van der Waals surface area contributed by atoms with Gasteiger partial charge < -0.3 is 11.5 Å². The van der Waals surface area contributed by atoms with Crippen molar-refractivity contribution in [2.45, 2.75) is 38.0 Å². The molecule has 1 aromatic carbocycles. The van der Waals surface area contributed by atoms with Crippen molar-refractivity contribution in [3.05, 3.63) is 23.5 Å². The van der Waals surface area contributed by atoms with Gasteiger partial charge in [-0.1, -0.05) is 19.3 Å². The van der Waals surface area contributed by atoms with Crippen LogP contribution in [0.25, 0.3) is 0 Å². The van der Waals surface area contributed by atoms with E-state index in [1.807, 2.05) is 0 Å². The summed E-state index contributed by atoms with van der Waals surface area (Å²) in [4.78, 5) is 0. The van der Waals surface area contributed by atoms with E-state index in [0.29, 0.717) is 16.9 Å². The lowest BCUT2D eigenvalue weighted by Gasteiger charge is -2.24. The number of nitrogens with two attached hydrogens (primary N) is 2. The van der Waals surface area contributed by atoms with Crippen LogP contribution in [-0.4, -0.2) is 0 Å². The van der Waals surface area contributed by atoms with Gasteiger partial charge in [0.2, 0.25) is 0 Å². The van der Waals surface area contributed by atoms with Gasteiger partial charge in [-0.25, -0.2) is 4.39 Å². The van der Waals surface area contributed by atoms with Gasteiger partial charge in [0.05, 0.1) is 11.4 Å². The third-order valence-corrected chi connectivity index (χ3v) is 3.28. The van der Waals surface area contributed by atoms with Crippen LogP contribution in [0, 0.1) is 5.82 Å². The van der Waals surface area contributed by atoms with Crippen LogP contribution in [0.1, 0.15) is 43.6 Å². The highest BCUT2D eigenvalue weighted by atomic mass is 19.1. The molecule has 0 radical (unpaired) electrons. The first-order chi connectivity index (χ1) is 7.20. The molecule has 0 aliphatic heterocycles. The van der Waals surface area contributed by atoms with Gasteiger partial charge >= 0.3 is 0 Å². The second kappa shape index (κ2) is 4.09. The van der Waals surface area contributed by atoms with E-state index < -0.39 is 0 Å². The molecule has 15 heavy (non-hydrogen) atoms. The number of halogens is 1. The minimum Gasteiger partial charge on any atom is -0.397 e. The number of anilines is 2. The molecule has 1 aliphatic carbocycles. The summed E-state index contributed by atoms with van der Waals surface area (Å²) < 4.78 is 13.7. The van der Waals surface area contributed by atoms with Gasteiger partial charge in [0.25, 0.3) is 0 Å². The molecule has 2 rings (SSSR count). The topological polar surface area (TPSA) is 52.0 Å². The fourth-order valence-electron chi connectivity index (χ4n) is 2.43. The summed E-state index contributed by atoms with van der Waals surface area (Å²) in [5, 5.41) is 0. The van der Waals surface area contributed by atoms with Gasteiger partial charge in [0, 0.05) is 5.56 Å². The summed E-state index contributed by atoms with van der Waals surface area (Å²) in [7, 11) is 0. The zero-order valence-electron chi connectivity index (χ0n) is 8.80. The maximum atomic E-state index is 13.7. The Kier molecular flexibility index (Phi) is 2.80. The quantitative estimate of drug-likeness (QED) is 0.697. The van der Waals surface area contributed by atoms with Crippen molar-refractivity contribution in [2.24, 2.45) is 0 Å². The van der Waals surface area contributed by atoms with Gasteiger partial charge in [-0.3, -0.25) is 0 Å². The Morgan fingerprint density at radius 1 is 1.07 bits per heavy atom. The molecular formula is C12H17FN2. The second-order valence-electron chi connectivity index (χ2n) is 4.30. The van der Waals surface area contributed by atoms with Crippen molar-refractivity contribution in [2.75, 3.05) is 11.5 Å². The van der Waals surface area contributed by atoms with Crippen molar-refractivity contribution >= 4 is 11.4 Å². The first-order valence-corrected chi connectivity index (χ1v) is 5.53. The molecule has 1 saturated carbocycles. The van der Waals surface area contributed by atoms with E-state index in [4.69, 9.17) is 11.5 Å². The lowest BCUT2D eigenvalue weighted by atomic mass is 9.83. The zero-order valence-corrected chi connectivity index (χ0v) is 8.80. The summed E-state index contributed by atoms with van der Waals surface area (Å²) in [5.41, 5.74) is 13.1. The molecule has 2 nitrogen and oxygen atoms in total. The van der Waals surface area contributed by atoms with Gasteiger partial charge in [0.15, 0.2) is 0 Å². The Morgan fingerprint density at radius 3 is 2.40 bits per heavy atom. The molecule has 0 amide bonds. The van der Waals surface area contributed by atoms with E-state index in [1.54, 1.807) is 0 Å². The van der Waals surface area contributed by atoms with E-state index in [-0.39, 0.29) is 11.7 Å². The molecule has 0 unspecified atom stereocenters. The predicted molar refractivity (Wildman–Crippen MR) is 61.1 cm³/mol. The summed E-state index contributed by atoms with van der Waals surface area (Å²) in [5.74, 6) is 0.0656. The van der Waals surface area contributed by atoms with E-state index in [2.05, 4.69) is 0 Å². The monoisotopic (exact) mass is 208 g/mol. The van der Waals surface area contributed by atoms with Crippen LogP contribution >= 0.6 is 0 Å². The van der Waals surface area contributed by atoms with E-state index in [0.717, 1.165) is 12.8 Å². The van der Waals surface area contributed by atoms with Crippen LogP contribution in [0.2, 0.25) is 0 Å². The first kappa shape index (κ1) is 10.3. The third-order valence-electron chi connectivity index (χ3n) is 3.28. The van der Waals surface area contributed by atoms with Gasteiger partial charge in [-0.2, -0.15) is 0 Å². The second-order valence-corrected chi connectivity index (χ2v) is 4.30. The molecule has 82 valence electrons. The van der Waals surface area contributed by atoms with Gasteiger partial charge in [0.1, 0.15) is 5.82 Å². The largest absolute Gasteiger partial charge is 0.397 e. The number of rotatable bonds is 1. The summed E-state index contributed by atoms with van der Waals surface area (Å²) in [6.45, 7) is 0. The number of benzene rings is 1. The molecule has 1 fully saturated rings. The SMILES string of the molecule is Nc1ccc(F)c(C2CCCCC2)c1N. The predicted octanol–water partition coefficient (Wildman–Crippen LogP) is 3.04. The number of hydrogen-bond donors (Lipinski definition) is 2. The minimum absolute atomic E-state index is 0.200. The van der Waals surface area contributed by atoms with Crippen LogP contribution in [0.3, 0.4) is 0 Å². The molecule has 0 aromatic heterocycles. The highest BCUT2D eigenvalue weighted by molar-refractivity contribution is 5.68. The lowest BCUT2D eigenvalue weighted by molar-refractivity contribution is 0.431. The molecule has 4 N–H and O–H groups in total. The van der Waals surface area contributed by atoms with Gasteiger partial charge in [-0.15, -0.1) is 0 Å². The van der Waals surface area contributed by atoms with Crippen LogP contribution in [0.5, 0.6) is 0 Å². The average molecular weight is 208 g/mol. The molecule has 1 aliphatic rings. The van der Waals surface area contributed by atoms with Crippen LogP contribution in [0.4, 0.5) is 15.8 Å². The Morgan fingerprint density at radius 2 is 1.73 bits per heavy atom. The van der Waals surface area contributed by atoms with Gasteiger partial charge in [-0.05, 0) is 30.9 Å². The lowest BCUT2D eigenvalue weighted by Crippen LogP contribution is -2.11. The van der Waals surface area contributed by atoms with E-state index >= 15 is 0 Å². The Bertz CT molecular complexity index is 357. The third kappa shape index (κ3) is 1.91. The standard InChI is InChI=1S/C12H17FN2/c13-9-6-7-10(14)12(15)11(9)8-4-2-1-3-5-8/h6-8H,1-5,14-15H2. The van der Waals surface area contributed by atoms with Crippen LogP contribution in [0.15, 0.2) is 12.1 Å². The molecule has 0 atom stereocenters. The van der Waals surface area contributed by atoms with Crippen molar-refractivity contribution in [3.63, 3.8) is 0 Å². The normalized spacial score (nSPS) is 17.9. The van der Waals surface area contributed by atoms with Crippen molar-refractivity contribution in [3.8, 4) is 0 Å². The minimum atomic E-state index is -0.200. The fraction of sp³-hybridized carbons (Fsp3) is 0.500.